The molecule has 2 rings (SSSR count). The van der Waals surface area contributed by atoms with Gasteiger partial charge in [-0.05, 0) is 12.1 Å². The highest BCUT2D eigenvalue weighted by molar-refractivity contribution is 6.06. The van der Waals surface area contributed by atoms with Crippen LogP contribution in [0.4, 0.5) is 10.5 Å². The van der Waals surface area contributed by atoms with Crippen molar-refractivity contribution in [2.75, 3.05) is 18.7 Å². The molecule has 1 aliphatic heterocycles. The molecule has 0 aliphatic carbocycles. The number of carbonyl (C=O) groups is 3. The summed E-state index contributed by atoms with van der Waals surface area (Å²) in [4.78, 5) is 35.0. The number of amides is 3. The molecular formula is C12H14N4O4. The normalized spacial score (nSPS) is 19.7. The summed E-state index contributed by atoms with van der Waals surface area (Å²) in [6, 6.07) is 7.87. The van der Waals surface area contributed by atoms with E-state index < -0.39 is 24.1 Å². The zero-order chi connectivity index (χ0) is 14.7. The molecule has 1 saturated heterocycles. The topological polar surface area (TPSA) is 105 Å². The Labute approximate surface area is 115 Å². The van der Waals surface area contributed by atoms with Crippen LogP contribution in [-0.2, 0) is 14.3 Å². The van der Waals surface area contributed by atoms with E-state index in [2.05, 4.69) is 10.1 Å². The predicted octanol–water partition coefficient (Wildman–Crippen LogP) is -0.582. The Morgan fingerprint density at radius 3 is 2.60 bits per heavy atom. The Balaban J connectivity index is 2.35. The summed E-state index contributed by atoms with van der Waals surface area (Å²) in [5.74, 6) is -1.28. The fraction of sp³-hybridized carbons (Fsp3) is 0.250. The van der Waals surface area contributed by atoms with Crippen LogP contribution in [0.3, 0.4) is 0 Å². The maximum absolute atomic E-state index is 12.0. The van der Waals surface area contributed by atoms with Crippen LogP contribution in [0.25, 0.3) is 0 Å². The second kappa shape index (κ2) is 5.68. The van der Waals surface area contributed by atoms with Gasteiger partial charge in [0.2, 0.25) is 0 Å². The maximum Gasteiger partial charge on any atom is 0.343 e. The quantitative estimate of drug-likeness (QED) is 0.717. The molecule has 3 N–H and O–H groups in total. The number of esters is 1. The van der Waals surface area contributed by atoms with E-state index in [0.717, 1.165) is 10.0 Å². The lowest BCUT2D eigenvalue weighted by Crippen LogP contribution is -2.70. The predicted molar refractivity (Wildman–Crippen MR) is 69.2 cm³/mol. The van der Waals surface area contributed by atoms with Crippen molar-refractivity contribution in [2.24, 2.45) is 5.73 Å². The van der Waals surface area contributed by atoms with Gasteiger partial charge in [0.05, 0.1) is 12.8 Å². The Bertz CT molecular complexity index is 534. The lowest BCUT2D eigenvalue weighted by molar-refractivity contribution is -0.143. The molecule has 20 heavy (non-hydrogen) atoms. The number of anilines is 1. The number of hydrogen-bond acceptors (Lipinski definition) is 6. The van der Waals surface area contributed by atoms with E-state index in [1.165, 1.54) is 7.11 Å². The van der Waals surface area contributed by atoms with E-state index in [1.807, 2.05) is 0 Å². The molecule has 1 atom stereocenters. The Morgan fingerprint density at radius 1 is 1.35 bits per heavy atom. The Morgan fingerprint density at radius 2 is 2.00 bits per heavy atom. The van der Waals surface area contributed by atoms with Gasteiger partial charge in [-0.2, -0.15) is 5.01 Å². The average Bonchev–Trinajstić information content (AvgIpc) is 2.45. The van der Waals surface area contributed by atoms with Gasteiger partial charge in [-0.15, -0.1) is 0 Å². The van der Waals surface area contributed by atoms with Crippen molar-refractivity contribution in [3.05, 3.63) is 30.3 Å². The number of nitrogens with one attached hydrogen (secondary N) is 1. The molecular weight excluding hydrogens is 264 g/mol. The van der Waals surface area contributed by atoms with E-state index in [4.69, 9.17) is 5.73 Å². The van der Waals surface area contributed by atoms with Crippen LogP contribution in [0, 0.1) is 0 Å². The van der Waals surface area contributed by atoms with Crippen molar-refractivity contribution in [2.45, 2.75) is 6.17 Å². The van der Waals surface area contributed by atoms with Crippen molar-refractivity contribution in [3.63, 3.8) is 0 Å². The number of nitrogens with zero attached hydrogens (tertiary/aromatic N) is 2. The van der Waals surface area contributed by atoms with E-state index in [9.17, 15) is 14.4 Å². The highest BCUT2D eigenvalue weighted by atomic mass is 16.5. The van der Waals surface area contributed by atoms with Gasteiger partial charge in [-0.25, -0.2) is 9.80 Å². The van der Waals surface area contributed by atoms with E-state index >= 15 is 0 Å². The van der Waals surface area contributed by atoms with Crippen LogP contribution in [0.5, 0.6) is 0 Å². The number of ether oxygens (including phenoxy) is 1. The number of rotatable bonds is 3. The van der Waals surface area contributed by atoms with Crippen molar-refractivity contribution in [1.82, 2.24) is 10.3 Å². The molecule has 1 heterocycles. The molecule has 0 radical (unpaired) electrons. The van der Waals surface area contributed by atoms with Gasteiger partial charge in [-0.3, -0.25) is 14.9 Å². The number of benzene rings is 1. The van der Waals surface area contributed by atoms with Gasteiger partial charge in [0.1, 0.15) is 6.54 Å². The van der Waals surface area contributed by atoms with Crippen molar-refractivity contribution in [1.29, 1.82) is 0 Å². The van der Waals surface area contributed by atoms with Crippen molar-refractivity contribution in [3.8, 4) is 0 Å². The van der Waals surface area contributed by atoms with Crippen LogP contribution in [0.15, 0.2) is 30.3 Å². The molecule has 0 saturated carbocycles. The summed E-state index contributed by atoms with van der Waals surface area (Å²) in [5.41, 5.74) is 6.21. The van der Waals surface area contributed by atoms with Crippen LogP contribution in [-0.4, -0.2) is 42.7 Å². The lowest BCUT2D eigenvalue weighted by Gasteiger charge is -2.40. The van der Waals surface area contributed by atoms with Crippen LogP contribution in [0.2, 0.25) is 0 Å². The number of hydrazine groups is 1. The standard InChI is InChI=1S/C12H14N4O4/c1-20-9(17)7-15-10(13)11(18)14-12(19)16(15)8-5-3-2-4-6-8/h2-6,10H,7,13H2,1H3,(H,14,18,19). The lowest BCUT2D eigenvalue weighted by atomic mass is 10.3. The van der Waals surface area contributed by atoms with Crippen LogP contribution in [0.1, 0.15) is 0 Å². The summed E-state index contributed by atoms with van der Waals surface area (Å²) in [6.45, 7) is -0.314. The number of para-hydroxylation sites is 1. The first-order chi connectivity index (χ1) is 9.54. The van der Waals surface area contributed by atoms with E-state index in [0.29, 0.717) is 5.69 Å². The molecule has 8 heteroatoms. The van der Waals surface area contributed by atoms with Crippen molar-refractivity contribution < 1.29 is 19.1 Å². The molecule has 1 fully saturated rings. The molecule has 1 aromatic carbocycles. The average molecular weight is 278 g/mol. The third-order valence-electron chi connectivity index (χ3n) is 2.79. The highest BCUT2D eigenvalue weighted by Gasteiger charge is 2.39. The fourth-order valence-corrected chi connectivity index (χ4v) is 1.81. The maximum atomic E-state index is 12.0. The molecule has 1 unspecified atom stereocenters. The number of urea groups is 1. The fourth-order valence-electron chi connectivity index (χ4n) is 1.81. The first kappa shape index (κ1) is 14.0. The monoisotopic (exact) mass is 278 g/mol. The number of hydrogen-bond donors (Lipinski definition) is 2. The third kappa shape index (κ3) is 2.60. The minimum Gasteiger partial charge on any atom is -0.468 e. The van der Waals surface area contributed by atoms with Gasteiger partial charge >= 0.3 is 12.0 Å². The second-order valence-corrected chi connectivity index (χ2v) is 4.06. The van der Waals surface area contributed by atoms with Gasteiger partial charge < -0.3 is 10.5 Å². The third-order valence-corrected chi connectivity index (χ3v) is 2.79. The number of imide groups is 1. The molecule has 1 aliphatic rings. The first-order valence-electron chi connectivity index (χ1n) is 5.83. The van der Waals surface area contributed by atoms with Gasteiger partial charge in [0.15, 0.2) is 6.17 Å². The minimum atomic E-state index is -1.16. The molecule has 0 aromatic heterocycles. The van der Waals surface area contributed by atoms with E-state index in [-0.39, 0.29) is 6.54 Å². The summed E-state index contributed by atoms with van der Waals surface area (Å²) < 4.78 is 4.55. The zero-order valence-electron chi connectivity index (χ0n) is 10.8. The summed E-state index contributed by atoms with van der Waals surface area (Å²) >= 11 is 0. The molecule has 3 amide bonds. The van der Waals surface area contributed by atoms with Gasteiger partial charge in [-0.1, -0.05) is 18.2 Å². The van der Waals surface area contributed by atoms with Crippen molar-refractivity contribution >= 4 is 23.6 Å². The summed E-state index contributed by atoms with van der Waals surface area (Å²) in [7, 11) is 1.21. The summed E-state index contributed by atoms with van der Waals surface area (Å²) in [5, 5.41) is 4.43. The smallest absolute Gasteiger partial charge is 0.343 e. The molecule has 106 valence electrons. The second-order valence-electron chi connectivity index (χ2n) is 4.06. The molecule has 8 nitrogen and oxygen atoms in total. The zero-order valence-corrected chi connectivity index (χ0v) is 10.8. The van der Waals surface area contributed by atoms with Crippen LogP contribution >= 0.6 is 0 Å². The number of methoxy groups -OCH3 is 1. The first-order valence-corrected chi connectivity index (χ1v) is 5.83. The number of nitrogens with two attached hydrogens (primary N) is 1. The van der Waals surface area contributed by atoms with Crippen LogP contribution < -0.4 is 16.1 Å². The molecule has 1 aromatic rings. The van der Waals surface area contributed by atoms with Gasteiger partial charge in [0, 0.05) is 0 Å². The largest absolute Gasteiger partial charge is 0.468 e. The minimum absolute atomic E-state index is 0.314. The van der Waals surface area contributed by atoms with E-state index in [1.54, 1.807) is 30.3 Å². The highest BCUT2D eigenvalue weighted by Crippen LogP contribution is 2.19. The Kier molecular flexibility index (Phi) is 3.97. The molecule has 0 spiro atoms. The van der Waals surface area contributed by atoms with Gasteiger partial charge in [0.25, 0.3) is 5.91 Å². The number of carbonyl (C=O) groups excluding carboxylic acids is 3. The summed E-state index contributed by atoms with van der Waals surface area (Å²) in [6.07, 6.45) is -1.16. The SMILES string of the molecule is COC(=O)CN1C(N)C(=O)NC(=O)N1c1ccccc1. The molecule has 0 bridgehead atoms. The Hall–Kier alpha value is -2.45.